The summed E-state index contributed by atoms with van der Waals surface area (Å²) in [5.74, 6) is -0.684. The molecule has 1 aliphatic rings. The average molecular weight is 432 g/mol. The van der Waals surface area contributed by atoms with Gasteiger partial charge in [-0.25, -0.2) is 9.67 Å². The maximum atomic E-state index is 13.0. The van der Waals surface area contributed by atoms with Gasteiger partial charge in [-0.2, -0.15) is 5.10 Å². The number of carboxylic acid groups (broad SMARTS) is 1. The van der Waals surface area contributed by atoms with Gasteiger partial charge in [0.2, 0.25) is 5.91 Å². The molecule has 1 aliphatic carbocycles. The number of carbonyl (C=O) groups excluding carboxylic acids is 1. The monoisotopic (exact) mass is 431 g/mol. The predicted molar refractivity (Wildman–Crippen MR) is 113 cm³/mol. The van der Waals surface area contributed by atoms with Crippen LogP contribution in [0.25, 0.3) is 15.9 Å². The molecule has 3 aromatic heterocycles. The van der Waals surface area contributed by atoms with Gasteiger partial charge >= 0.3 is 5.97 Å². The van der Waals surface area contributed by atoms with E-state index in [0.717, 1.165) is 15.4 Å². The summed E-state index contributed by atoms with van der Waals surface area (Å²) in [6, 6.07) is 1.75. The van der Waals surface area contributed by atoms with Crippen LogP contribution in [0.2, 0.25) is 0 Å². The van der Waals surface area contributed by atoms with Crippen molar-refractivity contribution in [2.45, 2.75) is 65.0 Å². The minimum atomic E-state index is -0.776. The molecule has 3 heterocycles. The molecule has 1 saturated carbocycles. The van der Waals surface area contributed by atoms with E-state index in [-0.39, 0.29) is 35.9 Å². The lowest BCUT2D eigenvalue weighted by molar-refractivity contribution is -0.142. The highest BCUT2D eigenvalue weighted by Crippen LogP contribution is 2.27. The van der Waals surface area contributed by atoms with Gasteiger partial charge in [0, 0.05) is 12.0 Å². The van der Waals surface area contributed by atoms with E-state index >= 15 is 0 Å². The number of aromatic nitrogens is 4. The second kappa shape index (κ2) is 7.82. The molecule has 0 bridgehead atoms. The minimum absolute atomic E-state index is 0.0336. The van der Waals surface area contributed by atoms with Crippen molar-refractivity contribution in [1.29, 1.82) is 0 Å². The molecule has 9 nitrogen and oxygen atoms in total. The van der Waals surface area contributed by atoms with E-state index in [4.69, 9.17) is 5.11 Å². The number of fused-ring (bicyclic) bond motifs is 3. The van der Waals surface area contributed by atoms with E-state index in [0.29, 0.717) is 37.0 Å². The highest BCUT2D eigenvalue weighted by Gasteiger charge is 2.27. The summed E-state index contributed by atoms with van der Waals surface area (Å²) < 4.78 is 3.94. The Morgan fingerprint density at radius 3 is 2.63 bits per heavy atom. The molecular weight excluding hydrogens is 406 g/mol. The predicted octanol–water partition coefficient (Wildman–Crippen LogP) is 2.30. The number of carbonyl (C=O) groups is 2. The molecule has 1 amide bonds. The van der Waals surface area contributed by atoms with Crippen LogP contribution in [0.3, 0.4) is 0 Å². The Labute approximate surface area is 176 Å². The van der Waals surface area contributed by atoms with Crippen molar-refractivity contribution in [1.82, 2.24) is 24.5 Å². The van der Waals surface area contributed by atoms with Gasteiger partial charge in [-0.1, -0.05) is 13.8 Å². The smallest absolute Gasteiger partial charge is 0.306 e. The molecule has 3 aromatic rings. The van der Waals surface area contributed by atoms with E-state index in [9.17, 15) is 14.4 Å². The molecule has 1 fully saturated rings. The zero-order chi connectivity index (χ0) is 21.6. The standard InChI is InChI=1S/C20H25N5O4S/c1-10(2)17-23-24(9-16(26)22-13-6-4-12(5-7-13)20(28)29)19(27)14-8-15-18(25(14)17)21-11(3)30-15/h8,10,12-13H,4-7,9H2,1-3H3,(H,22,26)(H,28,29). The number of hydrogen-bond donors (Lipinski definition) is 2. The Hall–Kier alpha value is -2.75. The number of nitrogens with zero attached hydrogens (tertiary/aromatic N) is 4. The zero-order valence-corrected chi connectivity index (χ0v) is 18.0. The normalized spacial score (nSPS) is 19.6. The Balaban J connectivity index is 1.58. The van der Waals surface area contributed by atoms with Crippen LogP contribution in [-0.2, 0) is 16.1 Å². The fourth-order valence-corrected chi connectivity index (χ4v) is 4.95. The van der Waals surface area contributed by atoms with Crippen LogP contribution < -0.4 is 10.9 Å². The molecule has 0 saturated heterocycles. The number of aryl methyl sites for hydroxylation is 1. The molecule has 10 heteroatoms. The largest absolute Gasteiger partial charge is 0.481 e. The second-order valence-electron chi connectivity index (χ2n) is 8.22. The molecular formula is C20H25N5O4S. The highest BCUT2D eigenvalue weighted by molar-refractivity contribution is 7.18. The molecule has 4 rings (SSSR count). The SMILES string of the molecule is Cc1nc2c(cc3c(=O)n(CC(=O)NC4CCC(C(=O)O)CC4)nc(C(C)C)n32)s1. The number of thiazole rings is 1. The van der Waals surface area contributed by atoms with Gasteiger partial charge in [0.05, 0.1) is 15.6 Å². The zero-order valence-electron chi connectivity index (χ0n) is 17.2. The average Bonchev–Trinajstić information content (AvgIpc) is 3.20. The fourth-order valence-electron chi connectivity index (χ4n) is 4.10. The van der Waals surface area contributed by atoms with Gasteiger partial charge in [0.15, 0.2) is 5.65 Å². The lowest BCUT2D eigenvalue weighted by atomic mass is 9.86. The highest BCUT2D eigenvalue weighted by atomic mass is 32.1. The third-order valence-corrected chi connectivity index (χ3v) is 6.53. The van der Waals surface area contributed by atoms with Crippen LogP contribution >= 0.6 is 11.3 Å². The van der Waals surface area contributed by atoms with Crippen LogP contribution in [-0.4, -0.2) is 42.2 Å². The van der Waals surface area contributed by atoms with Crippen LogP contribution in [0.5, 0.6) is 0 Å². The van der Waals surface area contributed by atoms with E-state index in [1.54, 1.807) is 4.40 Å². The Bertz CT molecular complexity index is 1180. The van der Waals surface area contributed by atoms with Crippen molar-refractivity contribution in [3.05, 3.63) is 27.3 Å². The molecule has 160 valence electrons. The summed E-state index contributed by atoms with van der Waals surface area (Å²) in [6.07, 6.45) is 2.35. The number of amides is 1. The molecule has 0 spiro atoms. The Morgan fingerprint density at radius 2 is 2.00 bits per heavy atom. The number of aliphatic carboxylic acids is 1. The van der Waals surface area contributed by atoms with Crippen molar-refractivity contribution in [2.24, 2.45) is 5.92 Å². The van der Waals surface area contributed by atoms with E-state index in [2.05, 4.69) is 15.4 Å². The molecule has 0 unspecified atom stereocenters. The summed E-state index contributed by atoms with van der Waals surface area (Å²) in [5, 5.41) is 17.4. The first kappa shape index (κ1) is 20.5. The van der Waals surface area contributed by atoms with Crippen molar-refractivity contribution >= 4 is 39.1 Å². The minimum Gasteiger partial charge on any atom is -0.481 e. The van der Waals surface area contributed by atoms with Crippen LogP contribution in [0.4, 0.5) is 0 Å². The maximum Gasteiger partial charge on any atom is 0.306 e. The summed E-state index contributed by atoms with van der Waals surface area (Å²) in [5.41, 5.74) is 0.872. The summed E-state index contributed by atoms with van der Waals surface area (Å²) >= 11 is 1.52. The van der Waals surface area contributed by atoms with Gasteiger partial charge in [0.25, 0.3) is 5.56 Å². The number of nitrogens with one attached hydrogen (secondary N) is 1. The molecule has 0 aromatic carbocycles. The van der Waals surface area contributed by atoms with Crippen molar-refractivity contribution in [3.63, 3.8) is 0 Å². The fraction of sp³-hybridized carbons (Fsp3) is 0.550. The Kier molecular flexibility index (Phi) is 5.35. The van der Waals surface area contributed by atoms with E-state index in [1.165, 1.54) is 16.0 Å². The van der Waals surface area contributed by atoms with Gasteiger partial charge in [-0.15, -0.1) is 11.3 Å². The number of rotatable bonds is 5. The van der Waals surface area contributed by atoms with E-state index < -0.39 is 5.97 Å². The summed E-state index contributed by atoms with van der Waals surface area (Å²) in [4.78, 5) is 41.2. The quantitative estimate of drug-likeness (QED) is 0.640. The maximum absolute atomic E-state index is 13.0. The third-order valence-electron chi connectivity index (χ3n) is 5.62. The van der Waals surface area contributed by atoms with Gasteiger partial charge in [-0.3, -0.25) is 18.8 Å². The van der Waals surface area contributed by atoms with Crippen LogP contribution in [0.1, 0.15) is 56.3 Å². The third kappa shape index (κ3) is 3.71. The molecule has 0 radical (unpaired) electrons. The first-order valence-corrected chi connectivity index (χ1v) is 11.0. The topological polar surface area (TPSA) is 119 Å². The van der Waals surface area contributed by atoms with Crippen LogP contribution in [0, 0.1) is 12.8 Å². The first-order chi connectivity index (χ1) is 14.2. The van der Waals surface area contributed by atoms with Gasteiger partial charge < -0.3 is 10.4 Å². The van der Waals surface area contributed by atoms with Gasteiger partial charge in [-0.05, 0) is 38.7 Å². The first-order valence-electron chi connectivity index (χ1n) is 10.2. The molecule has 0 atom stereocenters. The van der Waals surface area contributed by atoms with Crippen molar-refractivity contribution < 1.29 is 14.7 Å². The summed E-state index contributed by atoms with van der Waals surface area (Å²) in [7, 11) is 0. The number of carboxylic acids is 1. The lowest BCUT2D eigenvalue weighted by Gasteiger charge is -2.26. The second-order valence-corrected chi connectivity index (χ2v) is 9.45. The molecule has 30 heavy (non-hydrogen) atoms. The number of hydrogen-bond acceptors (Lipinski definition) is 6. The molecule has 0 aliphatic heterocycles. The van der Waals surface area contributed by atoms with Gasteiger partial charge in [0.1, 0.15) is 17.9 Å². The summed E-state index contributed by atoms with van der Waals surface area (Å²) in [6.45, 7) is 5.74. The Morgan fingerprint density at radius 1 is 1.30 bits per heavy atom. The van der Waals surface area contributed by atoms with Crippen molar-refractivity contribution in [2.75, 3.05) is 0 Å². The molecule has 2 N–H and O–H groups in total. The van der Waals surface area contributed by atoms with Crippen LogP contribution in [0.15, 0.2) is 10.9 Å². The lowest BCUT2D eigenvalue weighted by Crippen LogP contribution is -2.42. The van der Waals surface area contributed by atoms with Crippen molar-refractivity contribution in [3.8, 4) is 0 Å². The van der Waals surface area contributed by atoms with E-state index in [1.807, 2.05) is 26.8 Å².